The summed E-state index contributed by atoms with van der Waals surface area (Å²) in [6, 6.07) is 15.7. The van der Waals surface area contributed by atoms with E-state index >= 15 is 0 Å². The van der Waals surface area contributed by atoms with E-state index in [1.165, 1.54) is 0 Å². The second-order valence-electron chi connectivity index (χ2n) is 7.76. The molecule has 34 heavy (non-hydrogen) atoms. The van der Waals surface area contributed by atoms with E-state index in [9.17, 15) is 4.79 Å². The lowest BCUT2D eigenvalue weighted by molar-refractivity contribution is 0.0587. The molecule has 0 aromatic heterocycles. The Kier molecular flexibility index (Phi) is 7.39. The van der Waals surface area contributed by atoms with Crippen molar-refractivity contribution in [2.45, 2.75) is 12.5 Å². The van der Waals surface area contributed by atoms with Gasteiger partial charge >= 0.3 is 0 Å². The Labute approximate surface area is 208 Å². The molecule has 0 unspecified atom stereocenters. The van der Waals surface area contributed by atoms with Crippen LogP contribution in [0.25, 0.3) is 0 Å². The van der Waals surface area contributed by atoms with Crippen molar-refractivity contribution < 1.29 is 23.7 Å². The number of hydrogen-bond acceptors (Lipinski definition) is 5. The minimum atomic E-state index is -0.406. The monoisotopic (exact) mass is 501 g/mol. The molecule has 0 N–H and O–H groups in total. The summed E-state index contributed by atoms with van der Waals surface area (Å²) < 4.78 is 22.6. The molecule has 0 spiro atoms. The zero-order valence-corrected chi connectivity index (χ0v) is 20.7. The van der Waals surface area contributed by atoms with Crippen molar-refractivity contribution in [2.75, 3.05) is 34.5 Å². The average Bonchev–Trinajstić information content (AvgIpc) is 2.87. The van der Waals surface area contributed by atoms with E-state index in [1.54, 1.807) is 44.4 Å². The first-order chi connectivity index (χ1) is 16.5. The van der Waals surface area contributed by atoms with Gasteiger partial charge < -0.3 is 23.8 Å². The molecule has 6 nitrogen and oxygen atoms in total. The maximum atomic E-state index is 13.7. The van der Waals surface area contributed by atoms with Crippen LogP contribution >= 0.6 is 23.2 Å². The summed E-state index contributed by atoms with van der Waals surface area (Å²) in [6.45, 7) is 0.677. The Bertz CT molecular complexity index is 1200. The highest BCUT2D eigenvalue weighted by Crippen LogP contribution is 2.40. The van der Waals surface area contributed by atoms with Gasteiger partial charge in [0.1, 0.15) is 6.61 Å². The van der Waals surface area contributed by atoms with Gasteiger partial charge in [-0.2, -0.15) is 0 Å². The molecule has 4 rings (SSSR count). The molecule has 1 aliphatic heterocycles. The number of para-hydroxylation sites is 2. The molecule has 0 radical (unpaired) electrons. The van der Waals surface area contributed by atoms with E-state index in [0.717, 1.165) is 11.1 Å². The summed E-state index contributed by atoms with van der Waals surface area (Å²) in [6.07, 6.45) is 0.644. The number of carbonyl (C=O) groups excluding carboxylic acids is 1. The van der Waals surface area contributed by atoms with Crippen LogP contribution < -0.4 is 18.9 Å². The summed E-state index contributed by atoms with van der Waals surface area (Å²) in [5, 5.41) is 0.787. The maximum absolute atomic E-state index is 13.7. The Morgan fingerprint density at radius 2 is 1.59 bits per heavy atom. The first-order valence-electron chi connectivity index (χ1n) is 10.7. The Balaban J connectivity index is 1.75. The molecule has 8 heteroatoms. The number of nitrogens with zero attached hydrogens (tertiary/aromatic N) is 1. The topological polar surface area (TPSA) is 57.2 Å². The van der Waals surface area contributed by atoms with Crippen molar-refractivity contribution in [3.8, 4) is 23.0 Å². The minimum absolute atomic E-state index is 0.201. The van der Waals surface area contributed by atoms with E-state index in [-0.39, 0.29) is 12.5 Å². The highest BCUT2D eigenvalue weighted by atomic mass is 35.5. The molecular weight excluding hydrogens is 477 g/mol. The van der Waals surface area contributed by atoms with Gasteiger partial charge in [0.05, 0.1) is 38.0 Å². The van der Waals surface area contributed by atoms with Crippen LogP contribution in [-0.2, 0) is 6.42 Å². The van der Waals surface area contributed by atoms with Gasteiger partial charge in [0.25, 0.3) is 5.91 Å². The minimum Gasteiger partial charge on any atom is -0.493 e. The molecule has 0 saturated carbocycles. The number of benzene rings is 3. The van der Waals surface area contributed by atoms with E-state index in [0.29, 0.717) is 51.6 Å². The molecular formula is C26H25Cl2NO5. The van der Waals surface area contributed by atoms with Crippen LogP contribution in [0, 0.1) is 0 Å². The fourth-order valence-electron chi connectivity index (χ4n) is 4.17. The van der Waals surface area contributed by atoms with Crippen molar-refractivity contribution >= 4 is 29.1 Å². The zero-order valence-electron chi connectivity index (χ0n) is 19.1. The molecule has 1 aliphatic rings. The Morgan fingerprint density at radius 1 is 0.912 bits per heavy atom. The Morgan fingerprint density at radius 3 is 2.29 bits per heavy atom. The second kappa shape index (κ2) is 10.5. The van der Waals surface area contributed by atoms with Gasteiger partial charge in [0.15, 0.2) is 23.0 Å². The van der Waals surface area contributed by atoms with E-state index in [4.69, 9.17) is 42.1 Å². The van der Waals surface area contributed by atoms with Gasteiger partial charge in [-0.3, -0.25) is 4.79 Å². The van der Waals surface area contributed by atoms with Gasteiger partial charge in [-0.1, -0.05) is 35.3 Å². The average molecular weight is 502 g/mol. The first-order valence-corrected chi connectivity index (χ1v) is 11.5. The lowest BCUT2D eigenvalue weighted by Crippen LogP contribution is -2.42. The van der Waals surface area contributed by atoms with Crippen LogP contribution in [0.4, 0.5) is 0 Å². The molecule has 1 heterocycles. The van der Waals surface area contributed by atoms with Crippen molar-refractivity contribution in [1.29, 1.82) is 0 Å². The number of fused-ring (bicyclic) bond motifs is 1. The largest absolute Gasteiger partial charge is 0.493 e. The molecule has 0 fully saturated rings. The molecule has 0 aliphatic carbocycles. The van der Waals surface area contributed by atoms with Crippen LogP contribution in [0.3, 0.4) is 0 Å². The number of hydrogen-bond donors (Lipinski definition) is 0. The third kappa shape index (κ3) is 4.74. The predicted molar refractivity (Wildman–Crippen MR) is 132 cm³/mol. The van der Waals surface area contributed by atoms with Gasteiger partial charge in [0, 0.05) is 11.6 Å². The summed E-state index contributed by atoms with van der Waals surface area (Å²) in [5.74, 6) is 2.20. The molecule has 178 valence electrons. The van der Waals surface area contributed by atoms with E-state index in [2.05, 4.69) is 0 Å². The Hall–Kier alpha value is -3.09. The molecule has 1 amide bonds. The fourth-order valence-corrected chi connectivity index (χ4v) is 4.54. The molecule has 3 aromatic rings. The predicted octanol–water partition coefficient (Wildman–Crippen LogP) is 5.84. The van der Waals surface area contributed by atoms with Gasteiger partial charge in [-0.05, 0) is 60.0 Å². The number of halogens is 2. The standard InChI is InChI=1S/C26H25Cl2NO5/c1-31-22-6-4-5-7-23(22)34-15-21-18-14-25(33-3)24(32-2)12-16(18)10-11-29(21)26(30)19-13-17(27)8-9-20(19)28/h4-9,12-14,21H,10-11,15H2,1-3H3/t21-/m1/s1. The van der Waals surface area contributed by atoms with Crippen molar-refractivity contribution in [3.63, 3.8) is 0 Å². The van der Waals surface area contributed by atoms with Crippen LogP contribution in [-0.4, -0.2) is 45.3 Å². The summed E-state index contributed by atoms with van der Waals surface area (Å²) >= 11 is 12.5. The summed E-state index contributed by atoms with van der Waals surface area (Å²) in [5.41, 5.74) is 2.33. The summed E-state index contributed by atoms with van der Waals surface area (Å²) in [4.78, 5) is 15.4. The number of rotatable bonds is 7. The van der Waals surface area contributed by atoms with Gasteiger partial charge in [-0.25, -0.2) is 0 Å². The molecule has 0 bridgehead atoms. The quantitative estimate of drug-likeness (QED) is 0.407. The first kappa shape index (κ1) is 24.0. The van der Waals surface area contributed by atoms with Gasteiger partial charge in [-0.15, -0.1) is 0 Å². The summed E-state index contributed by atoms with van der Waals surface area (Å²) in [7, 11) is 4.78. The van der Waals surface area contributed by atoms with Crippen LogP contribution in [0.15, 0.2) is 54.6 Å². The molecule has 1 atom stereocenters. The number of amides is 1. The lowest BCUT2D eigenvalue weighted by atomic mass is 9.91. The third-order valence-corrected chi connectivity index (χ3v) is 6.45. The normalized spacial score (nSPS) is 14.9. The SMILES string of the molecule is COc1cc2c(cc1OC)[C@@H](COc1ccccc1OC)N(C(=O)c1cc(Cl)ccc1Cl)CC2. The van der Waals surface area contributed by atoms with Crippen LogP contribution in [0.2, 0.25) is 10.0 Å². The second-order valence-corrected chi connectivity index (χ2v) is 8.60. The van der Waals surface area contributed by atoms with E-state index in [1.807, 2.05) is 36.4 Å². The highest BCUT2D eigenvalue weighted by Gasteiger charge is 2.34. The fraction of sp³-hybridized carbons (Fsp3) is 0.269. The van der Waals surface area contributed by atoms with Crippen molar-refractivity contribution in [3.05, 3.63) is 81.3 Å². The van der Waals surface area contributed by atoms with Crippen LogP contribution in [0.1, 0.15) is 27.5 Å². The zero-order chi connectivity index (χ0) is 24.2. The highest BCUT2D eigenvalue weighted by molar-refractivity contribution is 6.35. The molecule has 3 aromatic carbocycles. The number of methoxy groups -OCH3 is 3. The molecule has 0 saturated heterocycles. The van der Waals surface area contributed by atoms with Gasteiger partial charge in [0.2, 0.25) is 0 Å². The smallest absolute Gasteiger partial charge is 0.256 e. The number of carbonyl (C=O) groups is 1. The van der Waals surface area contributed by atoms with E-state index < -0.39 is 6.04 Å². The number of ether oxygens (including phenoxy) is 4. The van der Waals surface area contributed by atoms with Crippen molar-refractivity contribution in [2.24, 2.45) is 0 Å². The van der Waals surface area contributed by atoms with Crippen LogP contribution in [0.5, 0.6) is 23.0 Å². The van der Waals surface area contributed by atoms with Crippen molar-refractivity contribution in [1.82, 2.24) is 4.90 Å². The lowest BCUT2D eigenvalue weighted by Gasteiger charge is -2.38. The third-order valence-electron chi connectivity index (χ3n) is 5.89. The maximum Gasteiger partial charge on any atom is 0.256 e.